The van der Waals surface area contributed by atoms with Crippen LogP contribution < -0.4 is 0 Å². The molecule has 0 fully saturated rings. The maximum absolute atomic E-state index is 5.44. The van der Waals surface area contributed by atoms with Gasteiger partial charge in [0.2, 0.25) is 0 Å². The van der Waals surface area contributed by atoms with E-state index >= 15 is 0 Å². The first kappa shape index (κ1) is 35.5. The molecule has 0 N–H and O–H groups in total. The monoisotopic (exact) mass is 791 g/mol. The minimum atomic E-state index is 0.655. The molecule has 290 valence electrons. The van der Waals surface area contributed by atoms with Crippen molar-refractivity contribution in [3.05, 3.63) is 224 Å². The lowest BCUT2D eigenvalue weighted by Crippen LogP contribution is -1.97. The highest BCUT2D eigenvalue weighted by atomic mass is 15.2. The normalized spacial score (nSPS) is 11.5. The summed E-state index contributed by atoms with van der Waals surface area (Å²) in [5.74, 6) is 0.655. The van der Waals surface area contributed by atoms with Crippen molar-refractivity contribution in [2.24, 2.45) is 0 Å². The standard InChI is InChI=1S/C57H37N5/c1-4-17-38(18-5-1)49-37-50(39-31-33-45(34-32-39)61-51-29-14-12-27-47(51)48-28-13-15-30-52(48)61)59-57(58-49)44-25-16-24-43(35-44)54-55(41-21-8-3-9-22-41)60-62-53(40-19-6-2-7-20-40)36-42-23-10-11-26-46(42)56(54)62/h1-37H. The third kappa shape index (κ3) is 5.98. The zero-order chi connectivity index (χ0) is 41.0. The zero-order valence-corrected chi connectivity index (χ0v) is 33.6. The van der Waals surface area contributed by atoms with Gasteiger partial charge in [-0.25, -0.2) is 14.5 Å². The lowest BCUT2D eigenvalue weighted by Gasteiger charge is -2.13. The number of pyridine rings is 1. The molecule has 0 amide bonds. The maximum Gasteiger partial charge on any atom is 0.160 e. The predicted octanol–water partition coefficient (Wildman–Crippen LogP) is 14.4. The van der Waals surface area contributed by atoms with E-state index in [1.54, 1.807) is 0 Å². The molecule has 12 aromatic rings. The summed E-state index contributed by atoms with van der Waals surface area (Å²) in [6, 6.07) is 79.0. The second-order valence-corrected chi connectivity index (χ2v) is 15.7. The highest BCUT2D eigenvalue weighted by molar-refractivity contribution is 6.10. The molecule has 0 unspecified atom stereocenters. The SMILES string of the molecule is c1ccc(-c2cc(-c3ccc(-n4c5ccccc5c5ccccc54)cc3)nc(-c3cccc(-c4c(-c5ccccc5)nn5c(-c6ccccc6)cc6ccccc6c45)c3)n2)cc1. The number of rotatable bonds is 7. The van der Waals surface area contributed by atoms with Crippen LogP contribution in [-0.4, -0.2) is 24.1 Å². The number of para-hydroxylation sites is 2. The van der Waals surface area contributed by atoms with Crippen LogP contribution in [0.25, 0.3) is 111 Å². The Bertz CT molecular complexity index is 3550. The summed E-state index contributed by atoms with van der Waals surface area (Å²) in [5, 5.41) is 10.2. The molecule has 0 spiro atoms. The predicted molar refractivity (Wildman–Crippen MR) is 255 cm³/mol. The highest BCUT2D eigenvalue weighted by Crippen LogP contribution is 2.42. The fourth-order valence-electron chi connectivity index (χ4n) is 9.05. The molecule has 0 saturated heterocycles. The summed E-state index contributed by atoms with van der Waals surface area (Å²) >= 11 is 0. The van der Waals surface area contributed by atoms with Crippen molar-refractivity contribution in [1.82, 2.24) is 24.1 Å². The van der Waals surface area contributed by atoms with E-state index in [1.807, 2.05) is 6.07 Å². The van der Waals surface area contributed by atoms with Crippen molar-refractivity contribution >= 4 is 38.1 Å². The number of nitrogens with zero attached hydrogens (tertiary/aromatic N) is 5. The Kier molecular flexibility index (Phi) is 8.42. The Morgan fingerprint density at radius 3 is 1.53 bits per heavy atom. The van der Waals surface area contributed by atoms with Crippen molar-refractivity contribution in [1.29, 1.82) is 0 Å². The van der Waals surface area contributed by atoms with Gasteiger partial charge in [-0.2, -0.15) is 5.10 Å². The molecular formula is C57H37N5. The molecule has 0 aliphatic carbocycles. The first-order valence-electron chi connectivity index (χ1n) is 20.9. The largest absolute Gasteiger partial charge is 0.309 e. The van der Waals surface area contributed by atoms with Crippen molar-refractivity contribution in [3.63, 3.8) is 0 Å². The van der Waals surface area contributed by atoms with Gasteiger partial charge in [0.25, 0.3) is 0 Å². The molecule has 12 rings (SSSR count). The molecule has 0 aliphatic heterocycles. The van der Waals surface area contributed by atoms with Gasteiger partial charge in [-0.1, -0.05) is 182 Å². The summed E-state index contributed by atoms with van der Waals surface area (Å²) < 4.78 is 4.48. The van der Waals surface area contributed by atoms with Gasteiger partial charge in [0.05, 0.1) is 33.6 Å². The summed E-state index contributed by atoms with van der Waals surface area (Å²) in [6.45, 7) is 0. The Hall–Kier alpha value is -8.41. The lowest BCUT2D eigenvalue weighted by atomic mass is 9.95. The average molecular weight is 792 g/mol. The van der Waals surface area contributed by atoms with E-state index in [9.17, 15) is 0 Å². The first-order valence-corrected chi connectivity index (χ1v) is 20.9. The van der Waals surface area contributed by atoms with Gasteiger partial charge in [0, 0.05) is 55.2 Å². The van der Waals surface area contributed by atoms with Crippen LogP contribution in [0.2, 0.25) is 0 Å². The molecule has 5 heteroatoms. The molecule has 8 aromatic carbocycles. The minimum absolute atomic E-state index is 0.655. The van der Waals surface area contributed by atoms with Crippen molar-refractivity contribution in [3.8, 4) is 73.2 Å². The van der Waals surface area contributed by atoms with Crippen LogP contribution in [0.15, 0.2) is 224 Å². The van der Waals surface area contributed by atoms with Crippen LogP contribution >= 0.6 is 0 Å². The number of hydrogen-bond donors (Lipinski definition) is 0. The molecule has 0 bridgehead atoms. The number of hydrogen-bond acceptors (Lipinski definition) is 3. The van der Waals surface area contributed by atoms with E-state index in [-0.39, 0.29) is 0 Å². The van der Waals surface area contributed by atoms with Crippen LogP contribution in [0, 0.1) is 0 Å². The quantitative estimate of drug-likeness (QED) is 0.162. The van der Waals surface area contributed by atoms with E-state index in [4.69, 9.17) is 15.1 Å². The Morgan fingerprint density at radius 1 is 0.355 bits per heavy atom. The van der Waals surface area contributed by atoms with Gasteiger partial charge < -0.3 is 4.57 Å². The Labute approximate surface area is 358 Å². The van der Waals surface area contributed by atoms with Crippen LogP contribution in [-0.2, 0) is 0 Å². The molecule has 62 heavy (non-hydrogen) atoms. The molecule has 4 heterocycles. The average Bonchev–Trinajstić information content (AvgIpc) is 3.92. The molecule has 0 atom stereocenters. The van der Waals surface area contributed by atoms with E-state index in [0.29, 0.717) is 5.82 Å². The summed E-state index contributed by atoms with van der Waals surface area (Å²) in [5.41, 5.74) is 15.4. The number of benzene rings is 8. The van der Waals surface area contributed by atoms with Gasteiger partial charge >= 0.3 is 0 Å². The van der Waals surface area contributed by atoms with Crippen molar-refractivity contribution < 1.29 is 0 Å². The Balaban J connectivity index is 1.04. The summed E-state index contributed by atoms with van der Waals surface area (Å²) in [7, 11) is 0. The topological polar surface area (TPSA) is 48.0 Å². The summed E-state index contributed by atoms with van der Waals surface area (Å²) in [4.78, 5) is 10.6. The third-order valence-corrected chi connectivity index (χ3v) is 11.9. The fraction of sp³-hybridized carbons (Fsp3) is 0. The maximum atomic E-state index is 5.44. The number of fused-ring (bicyclic) bond motifs is 6. The van der Waals surface area contributed by atoms with Crippen molar-refractivity contribution in [2.45, 2.75) is 0 Å². The highest BCUT2D eigenvalue weighted by Gasteiger charge is 2.22. The molecule has 0 aliphatic rings. The van der Waals surface area contributed by atoms with Crippen molar-refractivity contribution in [2.75, 3.05) is 0 Å². The molecular weight excluding hydrogens is 755 g/mol. The molecule has 0 saturated carbocycles. The zero-order valence-electron chi connectivity index (χ0n) is 33.6. The Morgan fingerprint density at radius 2 is 0.871 bits per heavy atom. The van der Waals surface area contributed by atoms with Gasteiger partial charge in [-0.3, -0.25) is 0 Å². The van der Waals surface area contributed by atoms with E-state index in [0.717, 1.165) is 83.7 Å². The first-order chi connectivity index (χ1) is 30.7. The van der Waals surface area contributed by atoms with Crippen LogP contribution in [0.4, 0.5) is 0 Å². The summed E-state index contributed by atoms with van der Waals surface area (Å²) in [6.07, 6.45) is 0. The van der Waals surface area contributed by atoms with E-state index < -0.39 is 0 Å². The van der Waals surface area contributed by atoms with Gasteiger partial charge in [0.15, 0.2) is 5.82 Å². The second-order valence-electron chi connectivity index (χ2n) is 15.7. The van der Waals surface area contributed by atoms with Crippen LogP contribution in [0.5, 0.6) is 0 Å². The minimum Gasteiger partial charge on any atom is -0.309 e. The van der Waals surface area contributed by atoms with Crippen LogP contribution in [0.1, 0.15) is 0 Å². The van der Waals surface area contributed by atoms with Crippen LogP contribution in [0.3, 0.4) is 0 Å². The second kappa shape index (κ2) is 14.7. The third-order valence-electron chi connectivity index (χ3n) is 11.9. The molecule has 4 aromatic heterocycles. The fourth-order valence-corrected chi connectivity index (χ4v) is 9.05. The van der Waals surface area contributed by atoms with Gasteiger partial charge in [0.1, 0.15) is 5.69 Å². The van der Waals surface area contributed by atoms with E-state index in [1.165, 1.54) is 21.8 Å². The lowest BCUT2D eigenvalue weighted by molar-refractivity contribution is 0.979. The molecule has 5 nitrogen and oxygen atoms in total. The van der Waals surface area contributed by atoms with E-state index in [2.05, 4.69) is 227 Å². The van der Waals surface area contributed by atoms with Gasteiger partial charge in [-0.05, 0) is 53.4 Å². The molecule has 0 radical (unpaired) electrons. The van der Waals surface area contributed by atoms with Gasteiger partial charge in [-0.15, -0.1) is 0 Å². The number of aromatic nitrogens is 5. The smallest absolute Gasteiger partial charge is 0.160 e.